The lowest BCUT2D eigenvalue weighted by atomic mass is 9.88. The van der Waals surface area contributed by atoms with Crippen molar-refractivity contribution in [2.75, 3.05) is 32.0 Å². The molecule has 1 aliphatic rings. The molecule has 1 saturated heterocycles. The maximum absolute atomic E-state index is 9.10. The highest BCUT2D eigenvalue weighted by atomic mass is 16.5. The average Bonchev–Trinajstić information content (AvgIpc) is 2.44. The molecule has 1 aromatic rings. The minimum atomic E-state index is 0.0297. The van der Waals surface area contributed by atoms with Gasteiger partial charge in [0.05, 0.1) is 19.3 Å². The number of nitrogens with two attached hydrogens (primary N) is 1. The van der Waals surface area contributed by atoms with Crippen LogP contribution in [-0.4, -0.2) is 31.4 Å². The Bertz CT molecular complexity index is 429. The minimum Gasteiger partial charge on any atom is -0.399 e. The molecular formula is C17H28N2O2. The van der Waals surface area contributed by atoms with Gasteiger partial charge >= 0.3 is 0 Å². The Kier molecular flexibility index (Phi) is 6.49. The number of aliphatic hydroxyl groups excluding tert-OH is 1. The first kappa shape index (κ1) is 16.3. The van der Waals surface area contributed by atoms with Crippen LogP contribution in [0.4, 0.5) is 5.69 Å². The van der Waals surface area contributed by atoms with Crippen LogP contribution in [0.2, 0.25) is 0 Å². The first-order valence-corrected chi connectivity index (χ1v) is 8.01. The molecule has 1 heterocycles. The highest BCUT2D eigenvalue weighted by molar-refractivity contribution is 5.48. The maximum Gasteiger partial charge on any atom is 0.0866 e. The monoisotopic (exact) mass is 292 g/mol. The summed E-state index contributed by atoms with van der Waals surface area (Å²) in [7, 11) is 0. The quantitative estimate of drug-likeness (QED) is 0.729. The van der Waals surface area contributed by atoms with Crippen LogP contribution < -0.4 is 11.1 Å². The molecule has 2 atom stereocenters. The van der Waals surface area contributed by atoms with Gasteiger partial charge in [-0.2, -0.15) is 0 Å². The van der Waals surface area contributed by atoms with E-state index in [-0.39, 0.29) is 12.7 Å². The second-order valence-corrected chi connectivity index (χ2v) is 5.94. The minimum absolute atomic E-state index is 0.0297. The molecular weight excluding hydrogens is 264 g/mol. The second-order valence-electron chi connectivity index (χ2n) is 5.94. The van der Waals surface area contributed by atoms with Crippen molar-refractivity contribution in [3.63, 3.8) is 0 Å². The van der Waals surface area contributed by atoms with Gasteiger partial charge in [0.2, 0.25) is 0 Å². The van der Waals surface area contributed by atoms with Crippen molar-refractivity contribution in [1.82, 2.24) is 5.32 Å². The van der Waals surface area contributed by atoms with Crippen molar-refractivity contribution in [1.29, 1.82) is 0 Å². The highest BCUT2D eigenvalue weighted by Crippen LogP contribution is 2.32. The molecule has 1 aromatic carbocycles. The molecule has 0 amide bonds. The van der Waals surface area contributed by atoms with Crippen LogP contribution in [0.25, 0.3) is 0 Å². The highest BCUT2D eigenvalue weighted by Gasteiger charge is 2.24. The van der Waals surface area contributed by atoms with Crippen LogP contribution in [0.5, 0.6) is 0 Å². The number of aryl methyl sites for hydroxylation is 1. The first-order valence-electron chi connectivity index (χ1n) is 8.01. The molecule has 0 saturated carbocycles. The van der Waals surface area contributed by atoms with E-state index in [0.717, 1.165) is 30.8 Å². The predicted molar refractivity (Wildman–Crippen MR) is 86.2 cm³/mol. The fourth-order valence-electron chi connectivity index (χ4n) is 3.04. The lowest BCUT2D eigenvalue weighted by molar-refractivity contribution is -0.0108. The summed E-state index contributed by atoms with van der Waals surface area (Å²) in [6.45, 7) is 4.52. The van der Waals surface area contributed by atoms with Crippen molar-refractivity contribution in [2.24, 2.45) is 5.92 Å². The van der Waals surface area contributed by atoms with Crippen LogP contribution >= 0.6 is 0 Å². The van der Waals surface area contributed by atoms with Gasteiger partial charge in [0.15, 0.2) is 0 Å². The number of nitrogen functional groups attached to an aromatic ring is 1. The van der Waals surface area contributed by atoms with E-state index in [9.17, 15) is 0 Å². The molecule has 0 aromatic heterocycles. The number of aliphatic hydroxyl groups is 1. The molecule has 2 rings (SSSR count). The topological polar surface area (TPSA) is 67.5 Å². The molecule has 0 aliphatic carbocycles. The maximum atomic E-state index is 9.10. The van der Waals surface area contributed by atoms with E-state index >= 15 is 0 Å². The number of anilines is 1. The van der Waals surface area contributed by atoms with Gasteiger partial charge in [-0.25, -0.2) is 0 Å². The molecule has 2 unspecified atom stereocenters. The van der Waals surface area contributed by atoms with Crippen LogP contribution in [0.15, 0.2) is 18.2 Å². The fraction of sp³-hybridized carbons (Fsp3) is 0.647. The summed E-state index contributed by atoms with van der Waals surface area (Å²) in [6.07, 6.45) is 4.97. The van der Waals surface area contributed by atoms with E-state index in [0.29, 0.717) is 12.5 Å². The van der Waals surface area contributed by atoms with Gasteiger partial charge in [0, 0.05) is 18.2 Å². The normalized spacial score (nSPS) is 21.5. The standard InChI is InChI=1S/C17H28N2O2/c1-13-11-14(6-7-16(13)18)17(21-10-9-20)15-5-3-2-4-8-19-12-15/h6-7,11,15,17,19-20H,2-5,8-10,12,18H2,1H3. The number of ether oxygens (including phenoxy) is 1. The van der Waals surface area contributed by atoms with Crippen molar-refractivity contribution in [3.8, 4) is 0 Å². The van der Waals surface area contributed by atoms with Gasteiger partial charge in [-0.05, 0) is 43.5 Å². The van der Waals surface area contributed by atoms with E-state index in [4.69, 9.17) is 15.6 Å². The zero-order valence-electron chi connectivity index (χ0n) is 13.0. The van der Waals surface area contributed by atoms with Gasteiger partial charge in [-0.3, -0.25) is 0 Å². The number of benzene rings is 1. The Morgan fingerprint density at radius 1 is 1.38 bits per heavy atom. The van der Waals surface area contributed by atoms with E-state index in [1.165, 1.54) is 24.8 Å². The van der Waals surface area contributed by atoms with Crippen molar-refractivity contribution in [2.45, 2.75) is 38.7 Å². The summed E-state index contributed by atoms with van der Waals surface area (Å²) in [6, 6.07) is 6.13. The number of hydrogen-bond donors (Lipinski definition) is 3. The largest absolute Gasteiger partial charge is 0.399 e. The molecule has 4 heteroatoms. The zero-order valence-corrected chi connectivity index (χ0v) is 13.0. The van der Waals surface area contributed by atoms with Gasteiger partial charge < -0.3 is 20.9 Å². The summed E-state index contributed by atoms with van der Waals surface area (Å²) >= 11 is 0. The summed E-state index contributed by atoms with van der Waals surface area (Å²) in [5, 5.41) is 12.6. The second kappa shape index (κ2) is 8.37. The predicted octanol–water partition coefficient (Wildman–Crippen LogP) is 2.41. The van der Waals surface area contributed by atoms with E-state index < -0.39 is 0 Å². The van der Waals surface area contributed by atoms with Crippen LogP contribution in [0.3, 0.4) is 0 Å². The molecule has 21 heavy (non-hydrogen) atoms. The van der Waals surface area contributed by atoms with Gasteiger partial charge in [-0.1, -0.05) is 25.0 Å². The Balaban J connectivity index is 2.16. The third kappa shape index (κ3) is 4.70. The molecule has 0 radical (unpaired) electrons. The Morgan fingerprint density at radius 3 is 3.00 bits per heavy atom. The SMILES string of the molecule is Cc1cc(C(OCCO)C2CCCCCNC2)ccc1N. The number of rotatable bonds is 5. The Hall–Kier alpha value is -1.10. The molecule has 0 spiro atoms. The summed E-state index contributed by atoms with van der Waals surface area (Å²) < 4.78 is 5.98. The fourth-order valence-corrected chi connectivity index (χ4v) is 3.04. The van der Waals surface area contributed by atoms with Crippen LogP contribution in [-0.2, 0) is 4.74 Å². The molecule has 4 nitrogen and oxygen atoms in total. The number of nitrogens with one attached hydrogen (secondary N) is 1. The molecule has 1 fully saturated rings. The Morgan fingerprint density at radius 2 is 2.24 bits per heavy atom. The average molecular weight is 292 g/mol. The van der Waals surface area contributed by atoms with Gasteiger partial charge in [-0.15, -0.1) is 0 Å². The third-order valence-corrected chi connectivity index (χ3v) is 4.27. The Labute approximate surface area is 127 Å². The summed E-state index contributed by atoms with van der Waals surface area (Å²) in [5.74, 6) is 0.444. The smallest absolute Gasteiger partial charge is 0.0866 e. The van der Waals surface area contributed by atoms with Crippen molar-refractivity contribution in [3.05, 3.63) is 29.3 Å². The van der Waals surface area contributed by atoms with Crippen molar-refractivity contribution < 1.29 is 9.84 Å². The summed E-state index contributed by atoms with van der Waals surface area (Å²) in [5.41, 5.74) is 8.99. The van der Waals surface area contributed by atoms with Crippen molar-refractivity contribution >= 4 is 5.69 Å². The van der Waals surface area contributed by atoms with E-state index in [1.807, 2.05) is 13.0 Å². The van der Waals surface area contributed by atoms with Crippen LogP contribution in [0.1, 0.15) is 42.9 Å². The number of hydrogen-bond acceptors (Lipinski definition) is 4. The zero-order chi connectivity index (χ0) is 15.1. The lowest BCUT2D eigenvalue weighted by Crippen LogP contribution is -2.31. The summed E-state index contributed by atoms with van der Waals surface area (Å²) in [4.78, 5) is 0. The first-order chi connectivity index (χ1) is 10.2. The molecule has 0 bridgehead atoms. The lowest BCUT2D eigenvalue weighted by Gasteiger charge is -2.30. The van der Waals surface area contributed by atoms with E-state index in [1.54, 1.807) is 0 Å². The van der Waals surface area contributed by atoms with Gasteiger partial charge in [0.25, 0.3) is 0 Å². The third-order valence-electron chi connectivity index (χ3n) is 4.27. The molecule has 118 valence electrons. The molecule has 4 N–H and O–H groups in total. The van der Waals surface area contributed by atoms with Crippen LogP contribution in [0, 0.1) is 12.8 Å². The van der Waals surface area contributed by atoms with E-state index in [2.05, 4.69) is 17.4 Å². The molecule has 1 aliphatic heterocycles. The van der Waals surface area contributed by atoms with Gasteiger partial charge in [0.1, 0.15) is 0 Å².